The highest BCUT2D eigenvalue weighted by atomic mass is 32.1. The number of benzene rings is 2. The summed E-state index contributed by atoms with van der Waals surface area (Å²) in [5, 5.41) is 1.16. The van der Waals surface area contributed by atoms with Gasteiger partial charge in [-0.1, -0.05) is 12.1 Å². The maximum absolute atomic E-state index is 11.3. The van der Waals surface area contributed by atoms with Crippen LogP contribution >= 0.6 is 11.3 Å². The molecule has 0 aliphatic carbocycles. The first kappa shape index (κ1) is 16.1. The van der Waals surface area contributed by atoms with Gasteiger partial charge >= 0.3 is 0 Å². The van der Waals surface area contributed by atoms with Gasteiger partial charge in [0.2, 0.25) is 0 Å². The van der Waals surface area contributed by atoms with Crippen molar-refractivity contribution < 1.29 is 4.79 Å². The molecule has 1 aliphatic rings. The van der Waals surface area contributed by atoms with E-state index in [0.717, 1.165) is 55.2 Å². The Balaban J connectivity index is 1.43. The maximum Gasteiger partial charge on any atom is 0.152 e. The molecule has 1 aliphatic heterocycles. The first-order valence-electron chi connectivity index (χ1n) is 8.39. The highest BCUT2D eigenvalue weighted by Crippen LogP contribution is 2.26. The van der Waals surface area contributed by atoms with Gasteiger partial charge in [-0.3, -0.25) is 9.69 Å². The molecule has 3 aromatic rings. The van der Waals surface area contributed by atoms with E-state index in [2.05, 4.69) is 28.0 Å². The first-order chi connectivity index (χ1) is 12.2. The number of carbonyl (C=O) groups excluding carboxylic acids is 1. The highest BCUT2D eigenvalue weighted by Gasteiger charge is 2.20. The fourth-order valence-electron chi connectivity index (χ4n) is 3.26. The molecule has 2 heterocycles. The monoisotopic (exact) mass is 352 g/mol. The summed E-state index contributed by atoms with van der Waals surface area (Å²) in [6.07, 6.45) is 0.905. The molecule has 25 heavy (non-hydrogen) atoms. The van der Waals surface area contributed by atoms with Crippen LogP contribution in [0.4, 0.5) is 11.4 Å². The summed E-state index contributed by atoms with van der Waals surface area (Å²) in [5.74, 6) is 0. The van der Waals surface area contributed by atoms with Gasteiger partial charge in [0.25, 0.3) is 0 Å². The van der Waals surface area contributed by atoms with Crippen molar-refractivity contribution in [1.29, 1.82) is 0 Å². The zero-order valence-electron chi connectivity index (χ0n) is 13.9. The van der Waals surface area contributed by atoms with Crippen LogP contribution in [0, 0.1) is 0 Å². The van der Waals surface area contributed by atoms with Gasteiger partial charge in [-0.2, -0.15) is 0 Å². The lowest BCUT2D eigenvalue weighted by molar-refractivity contribution is 0.112. The van der Waals surface area contributed by atoms with Gasteiger partial charge in [0.05, 0.1) is 16.8 Å². The second kappa shape index (κ2) is 6.82. The summed E-state index contributed by atoms with van der Waals surface area (Å²) in [6.45, 7) is 4.54. The summed E-state index contributed by atoms with van der Waals surface area (Å²) in [6, 6.07) is 13.7. The molecule has 0 unspecified atom stereocenters. The molecular weight excluding hydrogens is 332 g/mol. The van der Waals surface area contributed by atoms with E-state index in [1.54, 1.807) is 23.5 Å². The van der Waals surface area contributed by atoms with Crippen molar-refractivity contribution in [2.75, 3.05) is 36.8 Å². The molecule has 2 N–H and O–H groups in total. The molecule has 1 saturated heterocycles. The molecule has 0 saturated carbocycles. The van der Waals surface area contributed by atoms with E-state index in [-0.39, 0.29) is 0 Å². The number of nitrogen functional groups attached to an aromatic ring is 1. The lowest BCUT2D eigenvalue weighted by Gasteiger charge is -2.36. The number of hydrogen-bond donors (Lipinski definition) is 1. The number of carbonyl (C=O) groups is 1. The minimum absolute atomic E-state index is 0.692. The Morgan fingerprint density at radius 2 is 1.92 bits per heavy atom. The van der Waals surface area contributed by atoms with Crippen LogP contribution in [0.5, 0.6) is 0 Å². The first-order valence-corrected chi connectivity index (χ1v) is 9.21. The van der Waals surface area contributed by atoms with Crippen molar-refractivity contribution in [2.45, 2.75) is 6.54 Å². The van der Waals surface area contributed by atoms with E-state index >= 15 is 0 Å². The van der Waals surface area contributed by atoms with Crippen LogP contribution in [0.15, 0.2) is 42.5 Å². The predicted molar refractivity (Wildman–Crippen MR) is 103 cm³/mol. The van der Waals surface area contributed by atoms with Crippen molar-refractivity contribution in [3.8, 4) is 0 Å². The van der Waals surface area contributed by atoms with Gasteiger partial charge in [0.15, 0.2) is 6.29 Å². The fraction of sp³-hybridized carbons (Fsp3) is 0.263. The zero-order chi connectivity index (χ0) is 17.2. The molecule has 5 nitrogen and oxygen atoms in total. The van der Waals surface area contributed by atoms with Crippen molar-refractivity contribution >= 4 is 39.2 Å². The van der Waals surface area contributed by atoms with Gasteiger partial charge in [-0.15, -0.1) is 11.3 Å². The summed E-state index contributed by atoms with van der Waals surface area (Å²) >= 11 is 1.77. The molecule has 1 aromatic heterocycles. The zero-order valence-corrected chi connectivity index (χ0v) is 14.7. The van der Waals surface area contributed by atoms with Crippen LogP contribution in [0.2, 0.25) is 0 Å². The third-order valence-electron chi connectivity index (χ3n) is 4.59. The third-order valence-corrected chi connectivity index (χ3v) is 5.61. The Morgan fingerprint density at radius 1 is 1.12 bits per heavy atom. The van der Waals surface area contributed by atoms with Crippen LogP contribution in [0.3, 0.4) is 0 Å². The van der Waals surface area contributed by atoms with Crippen molar-refractivity contribution in [3.63, 3.8) is 0 Å². The van der Waals surface area contributed by atoms with Crippen molar-refractivity contribution in [3.05, 3.63) is 53.0 Å². The standard InChI is InChI=1S/C19H20N4OS/c20-15-6-5-14(13-24)17(11-15)23-9-7-22(8-10-23)12-19-21-16-3-1-2-4-18(16)25-19/h1-6,11,13H,7-10,12,20H2. The lowest BCUT2D eigenvalue weighted by Crippen LogP contribution is -2.46. The lowest BCUT2D eigenvalue weighted by atomic mass is 10.1. The van der Waals surface area contributed by atoms with Gasteiger partial charge in [0, 0.05) is 43.1 Å². The SMILES string of the molecule is Nc1ccc(C=O)c(N2CCN(Cc3nc4ccccc4s3)CC2)c1. The molecule has 1 fully saturated rings. The number of nitrogens with two attached hydrogens (primary N) is 1. The van der Waals surface area contributed by atoms with E-state index in [0.29, 0.717) is 11.3 Å². The number of aldehydes is 1. The number of fused-ring (bicyclic) bond motifs is 1. The average molecular weight is 352 g/mol. The van der Waals surface area contributed by atoms with E-state index in [9.17, 15) is 4.79 Å². The minimum Gasteiger partial charge on any atom is -0.399 e. The number of hydrogen-bond acceptors (Lipinski definition) is 6. The quantitative estimate of drug-likeness (QED) is 0.578. The number of anilines is 2. The molecule has 2 aromatic carbocycles. The second-order valence-corrected chi connectivity index (χ2v) is 7.39. The van der Waals surface area contributed by atoms with E-state index < -0.39 is 0 Å². The fourth-order valence-corrected chi connectivity index (χ4v) is 4.27. The number of para-hydroxylation sites is 1. The molecule has 6 heteroatoms. The molecule has 0 atom stereocenters. The normalized spacial score (nSPS) is 15.6. The topological polar surface area (TPSA) is 62.5 Å². The maximum atomic E-state index is 11.3. The van der Waals surface area contributed by atoms with E-state index in [1.165, 1.54) is 4.70 Å². The van der Waals surface area contributed by atoms with Crippen LogP contribution in [0.25, 0.3) is 10.2 Å². The van der Waals surface area contributed by atoms with Crippen LogP contribution in [-0.2, 0) is 6.54 Å². The van der Waals surface area contributed by atoms with Crippen molar-refractivity contribution in [1.82, 2.24) is 9.88 Å². The molecule has 0 radical (unpaired) electrons. The summed E-state index contributed by atoms with van der Waals surface area (Å²) in [5.41, 5.74) is 9.31. The number of aromatic nitrogens is 1. The molecule has 0 amide bonds. The molecule has 128 valence electrons. The molecule has 0 bridgehead atoms. The van der Waals surface area contributed by atoms with Crippen LogP contribution < -0.4 is 10.6 Å². The Kier molecular flexibility index (Phi) is 4.38. The predicted octanol–water partition coefficient (Wildman–Crippen LogP) is 3.01. The van der Waals surface area contributed by atoms with E-state index in [4.69, 9.17) is 10.7 Å². The number of nitrogens with zero attached hydrogens (tertiary/aromatic N) is 3. The summed E-state index contributed by atoms with van der Waals surface area (Å²) in [4.78, 5) is 20.7. The van der Waals surface area contributed by atoms with Gasteiger partial charge in [-0.05, 0) is 30.3 Å². The highest BCUT2D eigenvalue weighted by molar-refractivity contribution is 7.18. The smallest absolute Gasteiger partial charge is 0.152 e. The Bertz CT molecular complexity index is 866. The Labute approximate surface area is 150 Å². The summed E-state index contributed by atoms with van der Waals surface area (Å²) in [7, 11) is 0. The third kappa shape index (κ3) is 3.36. The largest absolute Gasteiger partial charge is 0.399 e. The summed E-state index contributed by atoms with van der Waals surface area (Å²) < 4.78 is 1.24. The second-order valence-electron chi connectivity index (χ2n) is 6.27. The molecular formula is C19H20N4OS. The van der Waals surface area contributed by atoms with E-state index in [1.807, 2.05) is 12.1 Å². The van der Waals surface area contributed by atoms with Crippen LogP contribution in [-0.4, -0.2) is 42.3 Å². The number of piperazine rings is 1. The Hall–Kier alpha value is -2.44. The Morgan fingerprint density at radius 3 is 2.68 bits per heavy atom. The van der Waals surface area contributed by atoms with Gasteiger partial charge in [-0.25, -0.2) is 4.98 Å². The molecule has 0 spiro atoms. The van der Waals surface area contributed by atoms with Gasteiger partial charge < -0.3 is 10.6 Å². The number of rotatable bonds is 4. The van der Waals surface area contributed by atoms with Crippen LogP contribution in [0.1, 0.15) is 15.4 Å². The minimum atomic E-state index is 0.692. The average Bonchev–Trinajstić information content (AvgIpc) is 3.04. The van der Waals surface area contributed by atoms with Crippen molar-refractivity contribution in [2.24, 2.45) is 0 Å². The molecule has 4 rings (SSSR count). The number of thiazole rings is 1. The van der Waals surface area contributed by atoms with Gasteiger partial charge in [0.1, 0.15) is 5.01 Å².